The second-order valence-corrected chi connectivity index (χ2v) is 9.54. The third-order valence-corrected chi connectivity index (χ3v) is 6.15. The first-order chi connectivity index (χ1) is 17.1. The molecule has 1 rings (SSSR count). The minimum Gasteiger partial charge on any atom is -0.480 e. The van der Waals surface area contributed by atoms with Crippen LogP contribution in [0.4, 0.5) is 0 Å². The van der Waals surface area contributed by atoms with Gasteiger partial charge in [0.05, 0.1) is 12.1 Å². The van der Waals surface area contributed by atoms with E-state index in [-0.39, 0.29) is 12.8 Å². The van der Waals surface area contributed by atoms with Gasteiger partial charge in [-0.3, -0.25) is 14.4 Å². The van der Waals surface area contributed by atoms with Crippen LogP contribution in [0.25, 0.3) is 0 Å². The van der Waals surface area contributed by atoms with Crippen molar-refractivity contribution in [1.29, 1.82) is 0 Å². The highest BCUT2D eigenvalue weighted by Crippen LogP contribution is 2.07. The molecule has 0 aliphatic carbocycles. The Morgan fingerprint density at radius 2 is 1.58 bits per heavy atom. The molecule has 9 N–H and O–H groups in total. The second kappa shape index (κ2) is 16.9. The molecule has 202 valence electrons. The van der Waals surface area contributed by atoms with Gasteiger partial charge in [-0.15, -0.1) is 0 Å². The Labute approximate surface area is 216 Å². The average Bonchev–Trinajstić information content (AvgIpc) is 2.84. The van der Waals surface area contributed by atoms with Gasteiger partial charge in [0, 0.05) is 6.42 Å². The zero-order valence-electron chi connectivity index (χ0n) is 20.8. The van der Waals surface area contributed by atoms with Gasteiger partial charge in [0.2, 0.25) is 17.7 Å². The molecule has 1 aromatic carbocycles. The zero-order valence-corrected chi connectivity index (χ0v) is 21.6. The van der Waals surface area contributed by atoms with Gasteiger partial charge >= 0.3 is 5.97 Å². The van der Waals surface area contributed by atoms with Crippen molar-refractivity contribution < 1.29 is 29.4 Å². The van der Waals surface area contributed by atoms with E-state index in [1.807, 2.05) is 12.3 Å². The lowest BCUT2D eigenvalue weighted by Gasteiger charge is -2.26. The lowest BCUT2D eigenvalue weighted by atomic mass is 10.0. The number of nitrogens with two attached hydrogens (primary N) is 2. The first-order valence-electron chi connectivity index (χ1n) is 11.9. The molecule has 36 heavy (non-hydrogen) atoms. The highest BCUT2D eigenvalue weighted by atomic mass is 32.2. The summed E-state index contributed by atoms with van der Waals surface area (Å²) in [7, 11) is 0. The number of carbonyl (C=O) groups excluding carboxylic acids is 3. The van der Waals surface area contributed by atoms with E-state index in [1.54, 1.807) is 36.0 Å². The summed E-state index contributed by atoms with van der Waals surface area (Å²) in [4.78, 5) is 50.2. The first-order valence-corrected chi connectivity index (χ1v) is 13.3. The third kappa shape index (κ3) is 11.4. The van der Waals surface area contributed by atoms with Crippen LogP contribution >= 0.6 is 11.8 Å². The van der Waals surface area contributed by atoms with Gasteiger partial charge in [0.1, 0.15) is 18.1 Å². The number of nitrogens with one attached hydrogen (secondary N) is 3. The molecule has 0 heterocycles. The highest BCUT2D eigenvalue weighted by molar-refractivity contribution is 7.98. The number of carboxylic acids is 1. The summed E-state index contributed by atoms with van der Waals surface area (Å²) >= 11 is 1.54. The van der Waals surface area contributed by atoms with E-state index in [0.717, 1.165) is 5.56 Å². The molecule has 0 fully saturated rings. The van der Waals surface area contributed by atoms with Crippen LogP contribution in [0.15, 0.2) is 30.3 Å². The van der Waals surface area contributed by atoms with Gasteiger partial charge in [-0.05, 0) is 56.7 Å². The van der Waals surface area contributed by atoms with E-state index in [9.17, 15) is 29.4 Å². The Hall–Kier alpha value is -2.67. The highest BCUT2D eigenvalue weighted by Gasteiger charge is 2.32. The van der Waals surface area contributed by atoms with Crippen molar-refractivity contribution >= 4 is 35.5 Å². The quantitative estimate of drug-likeness (QED) is 0.129. The van der Waals surface area contributed by atoms with Gasteiger partial charge in [-0.25, -0.2) is 4.79 Å². The SMILES string of the molecule is CSCCC(N)C(=O)NC(Cc1ccccc1)C(=O)NC(C(=O)NC(CCCCN)C(=O)O)C(C)O. The summed E-state index contributed by atoms with van der Waals surface area (Å²) in [6, 6.07) is 4.45. The molecule has 0 saturated heterocycles. The monoisotopic (exact) mass is 525 g/mol. The number of hydrogen-bond acceptors (Lipinski definition) is 8. The number of aliphatic hydroxyl groups excluding tert-OH is 1. The van der Waals surface area contributed by atoms with Crippen molar-refractivity contribution in [3.8, 4) is 0 Å². The van der Waals surface area contributed by atoms with Gasteiger partial charge < -0.3 is 37.6 Å². The number of aliphatic hydroxyl groups is 1. The lowest BCUT2D eigenvalue weighted by molar-refractivity contribution is -0.143. The largest absolute Gasteiger partial charge is 0.480 e. The molecule has 3 amide bonds. The zero-order chi connectivity index (χ0) is 27.1. The molecule has 0 aliphatic heterocycles. The minimum absolute atomic E-state index is 0.124. The molecule has 1 aromatic rings. The summed E-state index contributed by atoms with van der Waals surface area (Å²) < 4.78 is 0. The summed E-state index contributed by atoms with van der Waals surface area (Å²) in [5, 5.41) is 27.1. The molecule has 12 heteroatoms. The van der Waals surface area contributed by atoms with Crippen LogP contribution in [-0.4, -0.2) is 82.7 Å². The Morgan fingerprint density at radius 3 is 2.14 bits per heavy atom. The van der Waals surface area contributed by atoms with Crippen molar-refractivity contribution in [3.63, 3.8) is 0 Å². The minimum atomic E-state index is -1.44. The number of benzene rings is 1. The van der Waals surface area contributed by atoms with Crippen LogP contribution in [0.1, 0.15) is 38.2 Å². The second-order valence-electron chi connectivity index (χ2n) is 8.55. The number of aliphatic carboxylic acids is 1. The predicted molar refractivity (Wildman–Crippen MR) is 139 cm³/mol. The van der Waals surface area contributed by atoms with Crippen LogP contribution in [0.3, 0.4) is 0 Å². The molecule has 5 unspecified atom stereocenters. The number of unbranched alkanes of at least 4 members (excludes halogenated alkanes) is 1. The number of amides is 3. The molecule has 0 saturated carbocycles. The Morgan fingerprint density at radius 1 is 0.944 bits per heavy atom. The average molecular weight is 526 g/mol. The fourth-order valence-electron chi connectivity index (χ4n) is 3.38. The topological polar surface area (TPSA) is 197 Å². The molecule has 0 bridgehead atoms. The van der Waals surface area contributed by atoms with Crippen molar-refractivity contribution in [1.82, 2.24) is 16.0 Å². The summed E-state index contributed by atoms with van der Waals surface area (Å²) in [6.07, 6.45) is 2.34. The van der Waals surface area contributed by atoms with Crippen LogP contribution in [0, 0.1) is 0 Å². The van der Waals surface area contributed by atoms with E-state index in [4.69, 9.17) is 11.5 Å². The molecule has 0 aliphatic rings. The van der Waals surface area contributed by atoms with Crippen LogP contribution in [0.2, 0.25) is 0 Å². The maximum atomic E-state index is 13.2. The van der Waals surface area contributed by atoms with Crippen molar-refractivity contribution in [2.24, 2.45) is 11.5 Å². The molecular formula is C24H39N5O6S. The van der Waals surface area contributed by atoms with Gasteiger partial charge in [-0.2, -0.15) is 11.8 Å². The molecule has 0 spiro atoms. The first kappa shape index (κ1) is 31.4. The Balaban J connectivity index is 3.00. The van der Waals surface area contributed by atoms with Gasteiger partial charge in [0.25, 0.3) is 0 Å². The summed E-state index contributed by atoms with van der Waals surface area (Å²) in [6.45, 7) is 1.69. The smallest absolute Gasteiger partial charge is 0.326 e. The van der Waals surface area contributed by atoms with E-state index in [2.05, 4.69) is 16.0 Å². The van der Waals surface area contributed by atoms with Crippen LogP contribution in [-0.2, 0) is 25.6 Å². The number of carbonyl (C=O) groups is 4. The number of hydrogen-bond donors (Lipinski definition) is 7. The molecule has 5 atom stereocenters. The van der Waals surface area contributed by atoms with Gasteiger partial charge in [0.15, 0.2) is 0 Å². The van der Waals surface area contributed by atoms with Crippen molar-refractivity contribution in [2.75, 3.05) is 18.6 Å². The number of rotatable bonds is 17. The maximum Gasteiger partial charge on any atom is 0.326 e. The summed E-state index contributed by atoms with van der Waals surface area (Å²) in [5.74, 6) is -2.63. The fourth-order valence-corrected chi connectivity index (χ4v) is 3.87. The van der Waals surface area contributed by atoms with Gasteiger partial charge in [-0.1, -0.05) is 30.3 Å². The van der Waals surface area contributed by atoms with E-state index >= 15 is 0 Å². The normalized spacial score (nSPS) is 15.1. The third-order valence-electron chi connectivity index (χ3n) is 5.51. The van der Waals surface area contributed by atoms with E-state index in [0.29, 0.717) is 31.6 Å². The van der Waals surface area contributed by atoms with E-state index in [1.165, 1.54) is 6.92 Å². The molecule has 0 aromatic heterocycles. The van der Waals surface area contributed by atoms with Crippen molar-refractivity contribution in [2.45, 2.75) is 69.3 Å². The maximum absolute atomic E-state index is 13.2. The predicted octanol–water partition coefficient (Wildman–Crippen LogP) is -0.642. The van der Waals surface area contributed by atoms with Crippen molar-refractivity contribution in [3.05, 3.63) is 35.9 Å². The Kier molecular flexibility index (Phi) is 14.7. The van der Waals surface area contributed by atoms with Crippen LogP contribution in [0.5, 0.6) is 0 Å². The number of carboxylic acid groups (broad SMARTS) is 1. The Bertz CT molecular complexity index is 842. The molecule has 11 nitrogen and oxygen atoms in total. The molecular weight excluding hydrogens is 486 g/mol. The fraction of sp³-hybridized carbons (Fsp3) is 0.583. The number of thioether (sulfide) groups is 1. The van der Waals surface area contributed by atoms with E-state index < -0.39 is 54.0 Å². The lowest BCUT2D eigenvalue weighted by Crippen LogP contribution is -2.60. The summed E-state index contributed by atoms with van der Waals surface area (Å²) in [5.41, 5.74) is 12.2. The molecule has 0 radical (unpaired) electrons. The van der Waals surface area contributed by atoms with Crippen LogP contribution < -0.4 is 27.4 Å². The standard InChI is InChI=1S/C24H39N5O6S/c1-15(30)20(23(33)27-18(24(34)35)10-6-7-12-25)29-22(32)19(14-16-8-4-3-5-9-16)28-21(31)17(26)11-13-36-2/h3-5,8-9,15,17-20,30H,6-7,10-14,25-26H2,1-2H3,(H,27,33)(H,28,31)(H,29,32)(H,34,35).